The summed E-state index contributed by atoms with van der Waals surface area (Å²) in [6.45, 7) is 1.35. The number of nitro groups is 1. The number of esters is 1. The second-order valence-electron chi connectivity index (χ2n) is 6.82. The van der Waals surface area contributed by atoms with E-state index in [1.54, 1.807) is 4.90 Å². The van der Waals surface area contributed by atoms with Crippen LogP contribution in [0.1, 0.15) is 39.1 Å². The van der Waals surface area contributed by atoms with Crippen molar-refractivity contribution in [3.63, 3.8) is 0 Å². The number of nitrogens with zero attached hydrogens (tertiary/aromatic N) is 2. The van der Waals surface area contributed by atoms with E-state index in [0.717, 1.165) is 24.5 Å². The summed E-state index contributed by atoms with van der Waals surface area (Å²) < 4.78 is 10.3. The summed E-state index contributed by atoms with van der Waals surface area (Å²) in [5.74, 6) is -1.14. The van der Waals surface area contributed by atoms with Gasteiger partial charge in [0.05, 0.1) is 23.7 Å². The first-order valence-electron chi connectivity index (χ1n) is 9.30. The van der Waals surface area contributed by atoms with Crippen molar-refractivity contribution < 1.29 is 24.0 Å². The predicted octanol–water partition coefficient (Wildman–Crippen LogP) is 3.20. The summed E-state index contributed by atoms with van der Waals surface area (Å²) in [7, 11) is 1.18. The van der Waals surface area contributed by atoms with Crippen LogP contribution in [0.25, 0.3) is 0 Å². The number of hydrogen-bond acceptors (Lipinski definition) is 6. The number of nitro benzene ring substituents is 1. The Bertz CT molecular complexity index is 893. The fraction of sp³-hybridized carbons (Fsp3) is 0.333. The quantitative estimate of drug-likeness (QED) is 0.403. The first-order valence-corrected chi connectivity index (χ1v) is 9.30. The van der Waals surface area contributed by atoms with E-state index in [4.69, 9.17) is 4.74 Å². The zero-order valence-electron chi connectivity index (χ0n) is 16.1. The number of ether oxygens (including phenoxy) is 2. The first-order chi connectivity index (χ1) is 14.0. The summed E-state index contributed by atoms with van der Waals surface area (Å²) in [6.07, 6.45) is 1.70. The fourth-order valence-electron chi connectivity index (χ4n) is 3.32. The topological polar surface area (TPSA) is 99.0 Å². The van der Waals surface area contributed by atoms with E-state index in [-0.39, 0.29) is 22.9 Å². The van der Waals surface area contributed by atoms with Gasteiger partial charge in [0.1, 0.15) is 0 Å². The van der Waals surface area contributed by atoms with Crippen LogP contribution in [0.5, 0.6) is 0 Å². The fourth-order valence-corrected chi connectivity index (χ4v) is 3.32. The average Bonchev–Trinajstić information content (AvgIpc) is 3.25. The van der Waals surface area contributed by atoms with Crippen molar-refractivity contribution in [2.24, 2.45) is 0 Å². The molecule has 1 fully saturated rings. The van der Waals surface area contributed by atoms with Crippen LogP contribution in [0.3, 0.4) is 0 Å². The minimum absolute atomic E-state index is 0.0400. The van der Waals surface area contributed by atoms with E-state index in [0.29, 0.717) is 19.7 Å². The molecule has 0 radical (unpaired) electrons. The number of amides is 1. The summed E-state index contributed by atoms with van der Waals surface area (Å²) >= 11 is 0. The van der Waals surface area contributed by atoms with Gasteiger partial charge in [-0.1, -0.05) is 30.3 Å². The average molecular weight is 398 g/mol. The normalized spacial score (nSPS) is 15.7. The second kappa shape index (κ2) is 9.29. The van der Waals surface area contributed by atoms with Gasteiger partial charge in [-0.15, -0.1) is 0 Å². The third kappa shape index (κ3) is 5.17. The molecule has 1 aliphatic rings. The van der Waals surface area contributed by atoms with Gasteiger partial charge in [-0.25, -0.2) is 4.79 Å². The molecule has 2 aromatic rings. The van der Waals surface area contributed by atoms with Crippen molar-refractivity contribution in [1.82, 2.24) is 4.90 Å². The summed E-state index contributed by atoms with van der Waals surface area (Å²) in [5.41, 5.74) is 0.612. The van der Waals surface area contributed by atoms with Crippen molar-refractivity contribution >= 4 is 17.6 Å². The van der Waals surface area contributed by atoms with Crippen molar-refractivity contribution in [1.29, 1.82) is 0 Å². The molecule has 2 aromatic carbocycles. The van der Waals surface area contributed by atoms with E-state index >= 15 is 0 Å². The third-order valence-electron chi connectivity index (χ3n) is 4.75. The molecule has 0 bridgehead atoms. The Morgan fingerprint density at radius 3 is 2.55 bits per heavy atom. The van der Waals surface area contributed by atoms with Crippen molar-refractivity contribution in [3.05, 3.63) is 75.3 Å². The lowest BCUT2D eigenvalue weighted by Gasteiger charge is -2.26. The molecule has 1 aliphatic heterocycles. The highest BCUT2D eigenvalue weighted by Gasteiger charge is 2.26. The largest absolute Gasteiger partial charge is 0.465 e. The SMILES string of the molecule is COC(=O)c1cc(C(=O)N(Cc2ccccc2)CC2CCCO2)cc([N+](=O)[O-])c1. The second-order valence-corrected chi connectivity index (χ2v) is 6.82. The highest BCUT2D eigenvalue weighted by Crippen LogP contribution is 2.22. The van der Waals surface area contributed by atoms with Gasteiger partial charge in [0.15, 0.2) is 0 Å². The highest BCUT2D eigenvalue weighted by atomic mass is 16.6. The number of methoxy groups -OCH3 is 1. The van der Waals surface area contributed by atoms with E-state index in [9.17, 15) is 19.7 Å². The van der Waals surface area contributed by atoms with Crippen LogP contribution in [0.4, 0.5) is 5.69 Å². The minimum Gasteiger partial charge on any atom is -0.465 e. The minimum atomic E-state index is -0.739. The molecule has 0 spiro atoms. The summed E-state index contributed by atoms with van der Waals surface area (Å²) in [6, 6.07) is 13.1. The number of carbonyl (C=O) groups excluding carboxylic acids is 2. The van der Waals surface area contributed by atoms with Crippen molar-refractivity contribution in [3.8, 4) is 0 Å². The van der Waals surface area contributed by atoms with Crippen LogP contribution in [0.15, 0.2) is 48.5 Å². The van der Waals surface area contributed by atoms with Gasteiger partial charge in [0, 0.05) is 37.4 Å². The van der Waals surface area contributed by atoms with Gasteiger partial charge < -0.3 is 14.4 Å². The molecule has 8 heteroatoms. The number of rotatable bonds is 7. The molecule has 1 unspecified atom stereocenters. The number of hydrogen-bond donors (Lipinski definition) is 0. The van der Waals surface area contributed by atoms with Crippen molar-refractivity contribution in [2.45, 2.75) is 25.5 Å². The molecule has 1 heterocycles. The van der Waals surface area contributed by atoms with Crippen LogP contribution < -0.4 is 0 Å². The molecule has 29 heavy (non-hydrogen) atoms. The molecular weight excluding hydrogens is 376 g/mol. The van der Waals surface area contributed by atoms with E-state index < -0.39 is 16.8 Å². The Morgan fingerprint density at radius 2 is 1.93 bits per heavy atom. The van der Waals surface area contributed by atoms with Gasteiger partial charge in [0.25, 0.3) is 11.6 Å². The molecule has 0 N–H and O–H groups in total. The van der Waals surface area contributed by atoms with Crippen LogP contribution >= 0.6 is 0 Å². The maximum atomic E-state index is 13.3. The highest BCUT2D eigenvalue weighted by molar-refractivity contribution is 5.99. The van der Waals surface area contributed by atoms with E-state index in [1.807, 2.05) is 30.3 Å². The molecule has 1 atom stereocenters. The first kappa shape index (κ1) is 20.5. The lowest BCUT2D eigenvalue weighted by molar-refractivity contribution is -0.384. The molecule has 0 aliphatic carbocycles. The smallest absolute Gasteiger partial charge is 0.338 e. The van der Waals surface area contributed by atoms with Gasteiger partial charge in [-0.2, -0.15) is 0 Å². The molecule has 0 aromatic heterocycles. The third-order valence-corrected chi connectivity index (χ3v) is 4.75. The zero-order valence-corrected chi connectivity index (χ0v) is 16.1. The molecule has 3 rings (SSSR count). The van der Waals surface area contributed by atoms with E-state index in [1.165, 1.54) is 19.2 Å². The Kier molecular flexibility index (Phi) is 6.56. The monoisotopic (exact) mass is 398 g/mol. The van der Waals surface area contributed by atoms with Gasteiger partial charge >= 0.3 is 5.97 Å². The standard InChI is InChI=1S/C21H22N2O6/c1-28-21(25)17-10-16(11-18(12-17)23(26)27)20(24)22(14-19-8-5-9-29-19)13-15-6-3-2-4-7-15/h2-4,6-7,10-12,19H,5,8-9,13-14H2,1H3. The molecule has 1 amide bonds. The Balaban J connectivity index is 1.93. The number of non-ortho nitro benzene ring substituents is 1. The summed E-state index contributed by atoms with van der Waals surface area (Å²) in [4.78, 5) is 37.4. The van der Waals surface area contributed by atoms with E-state index in [2.05, 4.69) is 4.74 Å². The van der Waals surface area contributed by atoms with Crippen LogP contribution in [0, 0.1) is 10.1 Å². The lowest BCUT2D eigenvalue weighted by Crippen LogP contribution is -2.37. The molecule has 0 saturated carbocycles. The zero-order chi connectivity index (χ0) is 20.8. The van der Waals surface area contributed by atoms with Crippen molar-refractivity contribution in [2.75, 3.05) is 20.3 Å². The Labute approximate surface area is 168 Å². The predicted molar refractivity (Wildman–Crippen MR) is 105 cm³/mol. The van der Waals surface area contributed by atoms with Crippen LogP contribution in [0.2, 0.25) is 0 Å². The lowest BCUT2D eigenvalue weighted by atomic mass is 10.1. The number of carbonyl (C=O) groups is 2. The maximum Gasteiger partial charge on any atom is 0.338 e. The summed E-state index contributed by atoms with van der Waals surface area (Å²) in [5, 5.41) is 11.3. The molecule has 152 valence electrons. The molecule has 8 nitrogen and oxygen atoms in total. The van der Waals surface area contributed by atoms with Crippen LogP contribution in [-0.4, -0.2) is 48.1 Å². The van der Waals surface area contributed by atoms with Gasteiger partial charge in [-0.3, -0.25) is 14.9 Å². The Morgan fingerprint density at radius 1 is 1.21 bits per heavy atom. The Hall–Kier alpha value is -3.26. The van der Waals surface area contributed by atoms with Gasteiger partial charge in [-0.05, 0) is 24.5 Å². The number of benzene rings is 2. The molecule has 1 saturated heterocycles. The van der Waals surface area contributed by atoms with Crippen LogP contribution in [-0.2, 0) is 16.0 Å². The maximum absolute atomic E-state index is 13.3. The molecular formula is C21H22N2O6. The van der Waals surface area contributed by atoms with Gasteiger partial charge in [0.2, 0.25) is 0 Å².